The lowest BCUT2D eigenvalue weighted by Gasteiger charge is -2.57. The minimum Gasteiger partial charge on any atom is -0.343 e. The predicted molar refractivity (Wildman–Crippen MR) is 116 cm³/mol. The number of sulfonamides is 1. The molecule has 4 aliphatic carbocycles. The van der Waals surface area contributed by atoms with Crippen LogP contribution in [0.15, 0.2) is 29.2 Å². The number of carbonyl (C=O) groups excluding carboxylic acids is 1. The van der Waals surface area contributed by atoms with Gasteiger partial charge in [0.2, 0.25) is 15.9 Å². The van der Waals surface area contributed by atoms with Crippen molar-refractivity contribution in [1.29, 1.82) is 0 Å². The molecule has 1 N–H and O–H groups in total. The van der Waals surface area contributed by atoms with Gasteiger partial charge in [-0.1, -0.05) is 17.7 Å². The molecule has 1 aromatic rings. The van der Waals surface area contributed by atoms with Gasteiger partial charge < -0.3 is 4.90 Å². The number of likely N-dealkylation sites (tertiary alicyclic amines) is 1. The van der Waals surface area contributed by atoms with Crippen LogP contribution in [0.4, 0.5) is 0 Å². The summed E-state index contributed by atoms with van der Waals surface area (Å²) < 4.78 is 28.2. The summed E-state index contributed by atoms with van der Waals surface area (Å²) in [5.74, 6) is 2.90. The second-order valence-electron chi connectivity index (χ2n) is 10.7. The van der Waals surface area contributed by atoms with Crippen LogP contribution in [0, 0.1) is 30.1 Å². The second kappa shape index (κ2) is 7.63. The van der Waals surface area contributed by atoms with Gasteiger partial charge in [-0.3, -0.25) is 4.79 Å². The van der Waals surface area contributed by atoms with Crippen LogP contribution in [0.1, 0.15) is 63.4 Å². The standard InChI is InChI=1S/C24H34N2O3S/c1-17-2-4-22(5-3-17)30(28,29)25-21-6-8-26(9-7-21)23(27)16-24-13-18-10-19(14-24)12-20(11-18)15-24/h2-5,18-21,25H,6-16H2,1H3. The van der Waals surface area contributed by atoms with Gasteiger partial charge in [0.25, 0.3) is 0 Å². The Morgan fingerprint density at radius 3 is 2.07 bits per heavy atom. The van der Waals surface area contributed by atoms with Crippen molar-refractivity contribution >= 4 is 15.9 Å². The Labute approximate surface area is 180 Å². The van der Waals surface area contributed by atoms with Gasteiger partial charge in [0.05, 0.1) is 4.90 Å². The lowest BCUT2D eigenvalue weighted by atomic mass is 9.49. The number of nitrogens with zero attached hydrogens (tertiary/aromatic N) is 1. The number of hydrogen-bond donors (Lipinski definition) is 1. The minimum absolute atomic E-state index is 0.0973. The highest BCUT2D eigenvalue weighted by molar-refractivity contribution is 7.89. The molecule has 1 amide bonds. The van der Waals surface area contributed by atoms with Crippen molar-refractivity contribution in [3.8, 4) is 0 Å². The van der Waals surface area contributed by atoms with Gasteiger partial charge in [-0.05, 0) is 93.6 Å². The minimum atomic E-state index is -3.50. The first-order valence-electron chi connectivity index (χ1n) is 11.7. The van der Waals surface area contributed by atoms with E-state index in [4.69, 9.17) is 0 Å². The first-order valence-corrected chi connectivity index (χ1v) is 13.2. The van der Waals surface area contributed by atoms with Crippen LogP contribution in [0.5, 0.6) is 0 Å². The molecule has 6 rings (SSSR count). The van der Waals surface area contributed by atoms with Gasteiger partial charge in [-0.25, -0.2) is 13.1 Å². The summed E-state index contributed by atoms with van der Waals surface area (Å²) in [6.07, 6.45) is 10.1. The van der Waals surface area contributed by atoms with E-state index in [1.54, 1.807) is 12.1 Å². The number of aryl methyl sites for hydroxylation is 1. The zero-order chi connectivity index (χ0) is 20.9. The molecule has 0 radical (unpaired) electrons. The lowest BCUT2D eigenvalue weighted by molar-refractivity contribution is -0.140. The molecule has 5 fully saturated rings. The molecule has 1 aliphatic heterocycles. The Morgan fingerprint density at radius 2 is 1.53 bits per heavy atom. The molecule has 1 saturated heterocycles. The van der Waals surface area contributed by atoms with Crippen LogP contribution in [0.25, 0.3) is 0 Å². The smallest absolute Gasteiger partial charge is 0.240 e. The average molecular weight is 431 g/mol. The van der Waals surface area contributed by atoms with Crippen molar-refractivity contribution in [2.75, 3.05) is 13.1 Å². The molecule has 1 heterocycles. The maximum absolute atomic E-state index is 13.1. The molecule has 0 spiro atoms. The molecular formula is C24H34N2O3S. The van der Waals surface area contributed by atoms with E-state index in [0.717, 1.165) is 29.7 Å². The monoisotopic (exact) mass is 430 g/mol. The third kappa shape index (κ3) is 4.05. The fraction of sp³-hybridized carbons (Fsp3) is 0.708. The quantitative estimate of drug-likeness (QED) is 0.771. The molecule has 164 valence electrons. The van der Waals surface area contributed by atoms with E-state index >= 15 is 0 Å². The van der Waals surface area contributed by atoms with E-state index in [2.05, 4.69) is 4.72 Å². The van der Waals surface area contributed by atoms with Crippen LogP contribution < -0.4 is 4.72 Å². The summed E-state index contributed by atoms with van der Waals surface area (Å²) in [4.78, 5) is 15.4. The summed E-state index contributed by atoms with van der Waals surface area (Å²) >= 11 is 0. The fourth-order valence-corrected chi connectivity index (χ4v) is 8.50. The predicted octanol–water partition coefficient (Wildman–Crippen LogP) is 3.87. The van der Waals surface area contributed by atoms with Crippen LogP contribution in [0.3, 0.4) is 0 Å². The number of hydrogen-bond acceptors (Lipinski definition) is 3. The maximum atomic E-state index is 13.1. The van der Waals surface area contributed by atoms with Crippen molar-refractivity contribution in [3.05, 3.63) is 29.8 Å². The Morgan fingerprint density at radius 1 is 1.00 bits per heavy atom. The second-order valence-corrected chi connectivity index (χ2v) is 12.4. The van der Waals surface area contributed by atoms with E-state index in [1.807, 2.05) is 24.0 Å². The van der Waals surface area contributed by atoms with Crippen molar-refractivity contribution in [1.82, 2.24) is 9.62 Å². The Balaban J connectivity index is 1.15. The SMILES string of the molecule is Cc1ccc(S(=O)(=O)NC2CCN(C(=O)CC34CC5CC(CC(C5)C3)C4)CC2)cc1. The van der Waals surface area contributed by atoms with Crippen LogP contribution in [-0.4, -0.2) is 38.4 Å². The highest BCUT2D eigenvalue weighted by Crippen LogP contribution is 2.61. The van der Waals surface area contributed by atoms with Gasteiger partial charge in [-0.15, -0.1) is 0 Å². The van der Waals surface area contributed by atoms with E-state index in [9.17, 15) is 13.2 Å². The van der Waals surface area contributed by atoms with Crippen molar-refractivity contribution in [2.45, 2.75) is 75.6 Å². The Hall–Kier alpha value is -1.40. The molecule has 5 nitrogen and oxygen atoms in total. The molecule has 4 saturated carbocycles. The largest absolute Gasteiger partial charge is 0.343 e. The molecule has 0 atom stereocenters. The number of nitrogens with one attached hydrogen (secondary N) is 1. The molecule has 5 aliphatic rings. The van der Waals surface area contributed by atoms with Crippen molar-refractivity contribution < 1.29 is 13.2 Å². The summed E-state index contributed by atoms with van der Waals surface area (Å²) in [7, 11) is -3.50. The zero-order valence-electron chi connectivity index (χ0n) is 18.0. The normalized spacial score (nSPS) is 33.8. The molecule has 4 bridgehead atoms. The molecule has 0 aromatic heterocycles. The lowest BCUT2D eigenvalue weighted by Crippen LogP contribution is -2.50. The van der Waals surface area contributed by atoms with Crippen LogP contribution in [0.2, 0.25) is 0 Å². The summed E-state index contributed by atoms with van der Waals surface area (Å²) in [6, 6.07) is 6.85. The Bertz CT molecular complexity index is 866. The number of benzene rings is 1. The first-order chi connectivity index (χ1) is 14.3. The van der Waals surface area contributed by atoms with Crippen molar-refractivity contribution in [3.63, 3.8) is 0 Å². The summed E-state index contributed by atoms with van der Waals surface area (Å²) in [5.41, 5.74) is 1.31. The van der Waals surface area contributed by atoms with E-state index < -0.39 is 10.0 Å². The highest BCUT2D eigenvalue weighted by Gasteiger charge is 2.51. The van der Waals surface area contributed by atoms with Crippen LogP contribution >= 0.6 is 0 Å². The zero-order valence-corrected chi connectivity index (χ0v) is 18.8. The maximum Gasteiger partial charge on any atom is 0.240 e. The van der Waals surface area contributed by atoms with Gasteiger partial charge in [0.1, 0.15) is 0 Å². The average Bonchev–Trinajstić information content (AvgIpc) is 2.67. The number of piperidine rings is 1. The van der Waals surface area contributed by atoms with Gasteiger partial charge in [0.15, 0.2) is 0 Å². The Kier molecular flexibility index (Phi) is 5.21. The molecular weight excluding hydrogens is 396 g/mol. The van der Waals surface area contributed by atoms with Gasteiger partial charge >= 0.3 is 0 Å². The third-order valence-corrected chi connectivity index (χ3v) is 9.73. The molecule has 30 heavy (non-hydrogen) atoms. The number of rotatable bonds is 5. The van der Waals surface area contributed by atoms with E-state index in [1.165, 1.54) is 38.5 Å². The highest BCUT2D eigenvalue weighted by atomic mass is 32.2. The van der Waals surface area contributed by atoms with Crippen molar-refractivity contribution in [2.24, 2.45) is 23.2 Å². The first kappa shape index (κ1) is 20.5. The van der Waals surface area contributed by atoms with E-state index in [-0.39, 0.29) is 11.5 Å². The van der Waals surface area contributed by atoms with Crippen LogP contribution in [-0.2, 0) is 14.8 Å². The topological polar surface area (TPSA) is 66.5 Å². The molecule has 1 aromatic carbocycles. The summed E-state index contributed by atoms with van der Waals surface area (Å²) in [6.45, 7) is 3.26. The van der Waals surface area contributed by atoms with E-state index in [0.29, 0.717) is 36.7 Å². The summed E-state index contributed by atoms with van der Waals surface area (Å²) in [5, 5.41) is 0. The van der Waals surface area contributed by atoms with Gasteiger partial charge in [-0.2, -0.15) is 0 Å². The third-order valence-electron chi connectivity index (χ3n) is 8.19. The molecule has 6 heteroatoms. The molecule has 0 unspecified atom stereocenters. The van der Waals surface area contributed by atoms with Gasteiger partial charge in [0, 0.05) is 25.6 Å². The number of carbonyl (C=O) groups is 1. The fourth-order valence-electron chi connectivity index (χ4n) is 7.19. The number of amides is 1.